The van der Waals surface area contributed by atoms with Gasteiger partial charge in [0.15, 0.2) is 0 Å². The summed E-state index contributed by atoms with van der Waals surface area (Å²) in [6.07, 6.45) is 17.8. The number of benzene rings is 12. The van der Waals surface area contributed by atoms with Crippen LogP contribution in [0.15, 0.2) is 232 Å². The summed E-state index contributed by atoms with van der Waals surface area (Å²) in [5.41, 5.74) is 11.4. The fourth-order valence-corrected chi connectivity index (χ4v) is 16.5. The first-order valence-electron chi connectivity index (χ1n) is 32.3. The summed E-state index contributed by atoms with van der Waals surface area (Å²) in [7, 11) is 0. The number of hydrogen-bond acceptors (Lipinski definition) is 3. The van der Waals surface area contributed by atoms with Gasteiger partial charge in [-0.05, 0) is 220 Å². The first kappa shape index (κ1) is 59.2. The number of anilines is 3. The van der Waals surface area contributed by atoms with Gasteiger partial charge >= 0.3 is 20.9 Å². The molecular weight excluding hydrogens is 1250 g/mol. The van der Waals surface area contributed by atoms with E-state index in [1.165, 1.54) is 175 Å². The minimum Gasteiger partial charge on any atom is -0.416 e. The molecule has 0 radical (unpaired) electrons. The molecule has 12 aromatic rings. The van der Waals surface area contributed by atoms with Crippen molar-refractivity contribution in [2.45, 2.75) is 117 Å². The summed E-state index contributed by atoms with van der Waals surface area (Å²) in [5, 5.41) is 14.5. The smallest absolute Gasteiger partial charge is 0.390 e. The highest BCUT2D eigenvalue weighted by Gasteiger charge is 2.58. The number of unbranched alkanes of at least 4 members (excludes halogenated alkanes) is 9. The van der Waals surface area contributed by atoms with E-state index in [0.29, 0.717) is 0 Å². The maximum absolute atomic E-state index is 4.28. The Kier molecular flexibility index (Phi) is 18.3. The predicted octanol–water partition coefficient (Wildman–Crippen LogP) is 21.3. The summed E-state index contributed by atoms with van der Waals surface area (Å²) in [4.78, 5) is 0. The Morgan fingerprint density at radius 1 is 0.241 bits per heavy atom. The molecule has 1 aliphatic rings. The van der Waals surface area contributed by atoms with Crippen molar-refractivity contribution >= 4 is 167 Å². The summed E-state index contributed by atoms with van der Waals surface area (Å²) in [5.74, 6) is 0. The molecule has 1 aliphatic heterocycles. The highest BCUT2D eigenvalue weighted by atomic mass is 79.9. The lowest BCUT2D eigenvalue weighted by Gasteiger charge is -2.57. The Morgan fingerprint density at radius 2 is 0.437 bits per heavy atom. The largest absolute Gasteiger partial charge is 0.416 e. The molecule has 1 heterocycles. The van der Waals surface area contributed by atoms with Crippen molar-refractivity contribution < 1.29 is 0 Å². The van der Waals surface area contributed by atoms with E-state index in [9.17, 15) is 0 Å². The first-order chi connectivity index (χ1) is 42.9. The SMILES string of the molecule is CCCCCCc1ccc(N2B(c3c4ccccc4c(Br)c4ccccc34)N(c3ccc(CCCCCC)cc3)B(c3c4ccccc4c(Br)c4ccccc34)N(c3ccc(CCCCCC)cc3)B2c2c3ccccc3c(Br)c3ccccc23)cc1. The monoisotopic (exact) mass is 1320 g/mol. The molecule has 0 atom stereocenters. The number of nitrogens with zero attached hydrogens (tertiary/aromatic N) is 3. The molecule has 432 valence electrons. The van der Waals surface area contributed by atoms with E-state index < -0.39 is 20.9 Å². The topological polar surface area (TPSA) is 9.72 Å². The van der Waals surface area contributed by atoms with Crippen molar-refractivity contribution in [1.29, 1.82) is 0 Å². The molecule has 9 heteroatoms. The van der Waals surface area contributed by atoms with E-state index in [1.54, 1.807) is 0 Å². The van der Waals surface area contributed by atoms with Gasteiger partial charge in [-0.25, -0.2) is 0 Å². The number of hydrogen-bond donors (Lipinski definition) is 0. The molecule has 3 nitrogen and oxygen atoms in total. The van der Waals surface area contributed by atoms with Crippen LogP contribution in [0.1, 0.15) is 115 Å². The van der Waals surface area contributed by atoms with E-state index in [1.807, 2.05) is 0 Å². The van der Waals surface area contributed by atoms with Crippen LogP contribution in [-0.4, -0.2) is 20.9 Å². The third kappa shape index (κ3) is 11.4. The molecule has 0 aliphatic carbocycles. The highest BCUT2D eigenvalue weighted by Crippen LogP contribution is 2.43. The van der Waals surface area contributed by atoms with Gasteiger partial charge in [0, 0.05) is 30.5 Å². The molecule has 1 saturated heterocycles. The molecule has 1 fully saturated rings. The number of halogens is 3. The Labute approximate surface area is 542 Å². The van der Waals surface area contributed by atoms with E-state index in [0.717, 1.165) is 49.7 Å². The fraction of sp³-hybridized carbons (Fsp3) is 0.231. The molecule has 87 heavy (non-hydrogen) atoms. The van der Waals surface area contributed by atoms with Gasteiger partial charge in [-0.3, -0.25) is 0 Å². The zero-order chi connectivity index (χ0) is 59.4. The minimum atomic E-state index is -0.426. The molecule has 0 amide bonds. The van der Waals surface area contributed by atoms with Crippen molar-refractivity contribution in [3.8, 4) is 0 Å². The Balaban J connectivity index is 1.23. The zero-order valence-electron chi connectivity index (χ0n) is 50.6. The van der Waals surface area contributed by atoms with Gasteiger partial charge < -0.3 is 14.2 Å². The molecule has 0 unspecified atom stereocenters. The van der Waals surface area contributed by atoms with Crippen molar-refractivity contribution in [2.75, 3.05) is 14.2 Å². The molecule has 0 bridgehead atoms. The van der Waals surface area contributed by atoms with Crippen LogP contribution in [-0.2, 0) is 19.3 Å². The van der Waals surface area contributed by atoms with Crippen LogP contribution in [0.4, 0.5) is 17.1 Å². The Morgan fingerprint density at radius 3 is 0.632 bits per heavy atom. The second-order valence-electron chi connectivity index (χ2n) is 24.2. The molecule has 12 aromatic carbocycles. The maximum Gasteiger partial charge on any atom is 0.390 e. The van der Waals surface area contributed by atoms with E-state index in [-0.39, 0.29) is 0 Å². The van der Waals surface area contributed by atoms with E-state index in [2.05, 4.69) is 301 Å². The quantitative estimate of drug-likeness (QED) is 0.0403. The van der Waals surface area contributed by atoms with Crippen LogP contribution in [0.5, 0.6) is 0 Å². The first-order valence-corrected chi connectivity index (χ1v) is 34.6. The molecule has 13 rings (SSSR count). The van der Waals surface area contributed by atoms with E-state index >= 15 is 0 Å². The molecule has 0 aromatic heterocycles. The third-order valence-electron chi connectivity index (χ3n) is 18.7. The standard InChI is InChI=1S/C78H75B3Br3N3/c1-4-7-10-13-28-55-43-49-58(50-44-55)85-79(73-61-31-16-22-37-67(61)76(82)68-38-23-17-32-62(68)73)86(59-51-45-56(46-52-59)29-14-11-8-5-2)81(75-65-35-20-26-41-71(65)78(84)72-42-27-21-36-66(72)75)87(60-53-47-57(48-54-60)30-15-12-9-6-3)80(85)74-63-33-18-24-39-69(63)77(83)70-40-25-19-34-64(70)74/h16-27,31-54H,4-15,28-30H2,1-3H3. The van der Waals surface area contributed by atoms with E-state index in [4.69, 9.17) is 0 Å². The van der Waals surface area contributed by atoms with Gasteiger partial charge in [-0.2, -0.15) is 0 Å². The fourth-order valence-electron chi connectivity index (χ4n) is 14.4. The predicted molar refractivity (Wildman–Crippen MR) is 394 cm³/mol. The lowest BCUT2D eigenvalue weighted by molar-refractivity contribution is 0.667. The summed E-state index contributed by atoms with van der Waals surface area (Å²) < 4.78 is 11.9. The van der Waals surface area contributed by atoms with Crippen LogP contribution >= 0.6 is 47.8 Å². The van der Waals surface area contributed by atoms with Crippen LogP contribution in [0.25, 0.3) is 64.6 Å². The van der Waals surface area contributed by atoms with Gasteiger partial charge in [0.05, 0.1) is 0 Å². The van der Waals surface area contributed by atoms with Gasteiger partial charge in [-0.15, -0.1) is 0 Å². The molecule has 0 N–H and O–H groups in total. The van der Waals surface area contributed by atoms with Crippen LogP contribution in [0.2, 0.25) is 0 Å². The van der Waals surface area contributed by atoms with Gasteiger partial charge in [-0.1, -0.05) is 261 Å². The highest BCUT2D eigenvalue weighted by molar-refractivity contribution is 9.11. The average Bonchev–Trinajstić information content (AvgIpc) is 0.872. The van der Waals surface area contributed by atoms with Crippen LogP contribution in [0, 0.1) is 0 Å². The van der Waals surface area contributed by atoms with Crippen LogP contribution in [0.3, 0.4) is 0 Å². The van der Waals surface area contributed by atoms with Crippen molar-refractivity contribution in [2.24, 2.45) is 0 Å². The Bertz CT molecular complexity index is 3770. The Hall–Kier alpha value is -6.77. The van der Waals surface area contributed by atoms with Crippen molar-refractivity contribution in [3.63, 3.8) is 0 Å². The number of aryl methyl sites for hydroxylation is 3. The molecular formula is C78H75B3Br3N3. The lowest BCUT2D eigenvalue weighted by atomic mass is 9.35. The molecule has 0 saturated carbocycles. The minimum absolute atomic E-state index is 0.426. The zero-order valence-corrected chi connectivity index (χ0v) is 55.4. The van der Waals surface area contributed by atoms with Gasteiger partial charge in [0.25, 0.3) is 0 Å². The summed E-state index contributed by atoms with van der Waals surface area (Å²) in [6.45, 7) is 5.64. The second kappa shape index (κ2) is 26.9. The number of fused-ring (bicyclic) bond motifs is 6. The summed E-state index contributed by atoms with van der Waals surface area (Å²) >= 11 is 12.8. The third-order valence-corrected chi connectivity index (χ3v) is 21.3. The lowest BCUT2D eigenvalue weighted by Crippen LogP contribution is -2.86. The van der Waals surface area contributed by atoms with Crippen molar-refractivity contribution in [1.82, 2.24) is 0 Å². The summed E-state index contributed by atoms with van der Waals surface area (Å²) in [6, 6.07) is 84.6. The van der Waals surface area contributed by atoms with Crippen molar-refractivity contribution in [3.05, 3.63) is 248 Å². The number of rotatable bonds is 21. The molecule has 0 spiro atoms. The maximum atomic E-state index is 4.28. The van der Waals surface area contributed by atoms with Gasteiger partial charge in [0.1, 0.15) is 0 Å². The van der Waals surface area contributed by atoms with Gasteiger partial charge in [0.2, 0.25) is 0 Å². The van der Waals surface area contributed by atoms with Crippen LogP contribution < -0.4 is 30.6 Å². The average molecular weight is 1330 g/mol. The second-order valence-corrected chi connectivity index (χ2v) is 26.6. The normalized spacial score (nSPS) is 13.0.